The molecule has 0 aromatic carbocycles. The molecule has 0 saturated carbocycles. The lowest BCUT2D eigenvalue weighted by Crippen LogP contribution is -2.28. The van der Waals surface area contributed by atoms with Crippen LogP contribution in [0.15, 0.2) is 23.4 Å². The molecule has 1 aliphatic heterocycles. The number of nitrogens with one attached hydrogen (secondary N) is 2. The lowest BCUT2D eigenvalue weighted by Gasteiger charge is -2.23. The molecule has 136 valence electrons. The van der Waals surface area contributed by atoms with Crippen LogP contribution in [0.2, 0.25) is 0 Å². The summed E-state index contributed by atoms with van der Waals surface area (Å²) >= 11 is 0. The van der Waals surface area contributed by atoms with Gasteiger partial charge in [-0.1, -0.05) is 6.42 Å². The highest BCUT2D eigenvalue weighted by Gasteiger charge is 2.23. The summed E-state index contributed by atoms with van der Waals surface area (Å²) in [5.74, 6) is 0.0848. The second-order valence-corrected chi connectivity index (χ2v) is 8.22. The molecule has 1 fully saturated rings. The number of rotatable bonds is 5. The Morgan fingerprint density at radius 3 is 2.80 bits per heavy atom. The van der Waals surface area contributed by atoms with Crippen LogP contribution in [0.4, 0.5) is 5.95 Å². The zero-order valence-corrected chi connectivity index (χ0v) is 15.5. The molecule has 25 heavy (non-hydrogen) atoms. The molecule has 3 heterocycles. The third-order valence-electron chi connectivity index (χ3n) is 4.26. The van der Waals surface area contributed by atoms with Gasteiger partial charge in [0.1, 0.15) is 4.90 Å². The van der Waals surface area contributed by atoms with E-state index in [1.54, 1.807) is 17.8 Å². The molecule has 2 N–H and O–H groups in total. The Morgan fingerprint density at radius 2 is 2.16 bits per heavy atom. The summed E-state index contributed by atoms with van der Waals surface area (Å²) in [5, 5.41) is 7.66. The summed E-state index contributed by atoms with van der Waals surface area (Å²) in [6.45, 7) is 6.51. The van der Waals surface area contributed by atoms with Crippen molar-refractivity contribution in [3.05, 3.63) is 29.8 Å². The SMILES string of the molecule is Cc1nn(C(C)C)cc1S(=O)(=O)Nc1nccc(C2CCCCN2)n1. The Balaban J connectivity index is 1.83. The number of aryl methyl sites for hydroxylation is 1. The van der Waals surface area contributed by atoms with Gasteiger partial charge in [0.15, 0.2) is 0 Å². The van der Waals surface area contributed by atoms with Gasteiger partial charge in [0.2, 0.25) is 5.95 Å². The molecule has 2 aromatic rings. The second-order valence-electron chi connectivity index (χ2n) is 6.57. The van der Waals surface area contributed by atoms with Crippen LogP contribution in [-0.2, 0) is 10.0 Å². The predicted molar refractivity (Wildman–Crippen MR) is 94.8 cm³/mol. The quantitative estimate of drug-likeness (QED) is 0.843. The first-order valence-corrected chi connectivity index (χ1v) is 10.00. The number of hydrogen-bond donors (Lipinski definition) is 2. The van der Waals surface area contributed by atoms with Gasteiger partial charge in [-0.25, -0.2) is 23.1 Å². The van der Waals surface area contributed by atoms with Crippen LogP contribution < -0.4 is 10.0 Å². The van der Waals surface area contributed by atoms with E-state index in [0.29, 0.717) is 5.69 Å². The van der Waals surface area contributed by atoms with Crippen molar-refractivity contribution in [1.82, 2.24) is 25.1 Å². The first-order chi connectivity index (χ1) is 11.9. The molecule has 0 bridgehead atoms. The van der Waals surface area contributed by atoms with E-state index in [1.165, 1.54) is 6.20 Å². The fourth-order valence-corrected chi connectivity index (χ4v) is 4.01. The van der Waals surface area contributed by atoms with Crippen molar-refractivity contribution in [2.24, 2.45) is 0 Å². The van der Waals surface area contributed by atoms with Crippen molar-refractivity contribution >= 4 is 16.0 Å². The minimum Gasteiger partial charge on any atom is -0.309 e. The normalized spacial score (nSPS) is 18.5. The van der Waals surface area contributed by atoms with E-state index in [9.17, 15) is 8.42 Å². The standard InChI is InChI=1S/C16H24N6O2S/c1-11(2)22-10-15(12(3)20-22)25(23,24)21-16-18-9-7-14(19-16)13-6-4-5-8-17-13/h7,9-11,13,17H,4-6,8H2,1-3H3,(H,18,19,21). The van der Waals surface area contributed by atoms with Crippen molar-refractivity contribution in [2.45, 2.75) is 57.0 Å². The van der Waals surface area contributed by atoms with Crippen LogP contribution in [0.1, 0.15) is 56.6 Å². The van der Waals surface area contributed by atoms with Gasteiger partial charge in [0.25, 0.3) is 10.0 Å². The van der Waals surface area contributed by atoms with Crippen molar-refractivity contribution in [2.75, 3.05) is 11.3 Å². The van der Waals surface area contributed by atoms with E-state index in [0.717, 1.165) is 31.5 Å². The molecule has 2 aromatic heterocycles. The topological polar surface area (TPSA) is 102 Å². The van der Waals surface area contributed by atoms with Crippen LogP contribution in [-0.4, -0.2) is 34.7 Å². The molecule has 1 saturated heterocycles. The average Bonchev–Trinajstić information content (AvgIpc) is 2.99. The number of sulfonamides is 1. The van der Waals surface area contributed by atoms with E-state index < -0.39 is 10.0 Å². The van der Waals surface area contributed by atoms with Gasteiger partial charge < -0.3 is 5.32 Å². The molecule has 0 aliphatic carbocycles. The Labute approximate surface area is 148 Å². The Morgan fingerprint density at radius 1 is 1.36 bits per heavy atom. The first-order valence-electron chi connectivity index (χ1n) is 8.52. The van der Waals surface area contributed by atoms with E-state index in [4.69, 9.17) is 0 Å². The molecule has 0 radical (unpaired) electrons. The van der Waals surface area contributed by atoms with E-state index >= 15 is 0 Å². The molecule has 0 spiro atoms. The highest BCUT2D eigenvalue weighted by Crippen LogP contribution is 2.23. The fraction of sp³-hybridized carbons (Fsp3) is 0.562. The van der Waals surface area contributed by atoms with Gasteiger partial charge in [-0.2, -0.15) is 5.10 Å². The maximum absolute atomic E-state index is 12.7. The van der Waals surface area contributed by atoms with E-state index in [-0.39, 0.29) is 22.9 Å². The average molecular weight is 364 g/mol. The number of nitrogens with zero attached hydrogens (tertiary/aromatic N) is 4. The molecule has 3 rings (SSSR count). The van der Waals surface area contributed by atoms with Crippen molar-refractivity contribution in [1.29, 1.82) is 0 Å². The van der Waals surface area contributed by atoms with Gasteiger partial charge in [-0.15, -0.1) is 0 Å². The first kappa shape index (κ1) is 17.8. The maximum Gasteiger partial charge on any atom is 0.267 e. The molecule has 1 atom stereocenters. The Kier molecular flexibility index (Phi) is 5.05. The highest BCUT2D eigenvalue weighted by atomic mass is 32.2. The van der Waals surface area contributed by atoms with Crippen molar-refractivity contribution in [3.63, 3.8) is 0 Å². The molecular formula is C16H24N6O2S. The molecule has 0 amide bonds. The minimum absolute atomic E-state index is 0.0830. The fourth-order valence-electron chi connectivity index (χ4n) is 2.89. The van der Waals surface area contributed by atoms with Gasteiger partial charge in [-0.05, 0) is 46.2 Å². The zero-order valence-electron chi connectivity index (χ0n) is 14.7. The summed E-state index contributed by atoms with van der Waals surface area (Å²) < 4.78 is 29.5. The summed E-state index contributed by atoms with van der Waals surface area (Å²) in [4.78, 5) is 8.59. The molecule has 8 nitrogen and oxygen atoms in total. The largest absolute Gasteiger partial charge is 0.309 e. The number of anilines is 1. The van der Waals surface area contributed by atoms with E-state index in [2.05, 4.69) is 25.1 Å². The third-order valence-corrected chi connectivity index (χ3v) is 5.69. The highest BCUT2D eigenvalue weighted by molar-refractivity contribution is 7.92. The number of aromatic nitrogens is 4. The molecular weight excluding hydrogens is 340 g/mol. The van der Waals surface area contributed by atoms with E-state index in [1.807, 2.05) is 19.9 Å². The zero-order chi connectivity index (χ0) is 18.0. The summed E-state index contributed by atoms with van der Waals surface area (Å²) in [5.41, 5.74) is 1.26. The summed E-state index contributed by atoms with van der Waals surface area (Å²) in [6, 6.07) is 2.05. The monoisotopic (exact) mass is 364 g/mol. The van der Waals surface area contributed by atoms with Crippen LogP contribution >= 0.6 is 0 Å². The Bertz CT molecular complexity index is 840. The predicted octanol–water partition coefficient (Wildman–Crippen LogP) is 2.18. The third kappa shape index (κ3) is 3.98. The molecule has 9 heteroatoms. The van der Waals surface area contributed by atoms with Gasteiger partial charge in [0, 0.05) is 24.5 Å². The van der Waals surface area contributed by atoms with Gasteiger partial charge in [0.05, 0.1) is 11.4 Å². The minimum atomic E-state index is -3.78. The summed E-state index contributed by atoms with van der Waals surface area (Å²) in [7, 11) is -3.78. The molecule has 1 aliphatic rings. The smallest absolute Gasteiger partial charge is 0.267 e. The van der Waals surface area contributed by atoms with Crippen molar-refractivity contribution < 1.29 is 8.42 Å². The summed E-state index contributed by atoms with van der Waals surface area (Å²) in [6.07, 6.45) is 6.40. The number of hydrogen-bond acceptors (Lipinski definition) is 6. The lowest BCUT2D eigenvalue weighted by atomic mass is 10.0. The van der Waals surface area contributed by atoms with Crippen LogP contribution in [0, 0.1) is 6.92 Å². The van der Waals surface area contributed by atoms with Crippen LogP contribution in [0.5, 0.6) is 0 Å². The lowest BCUT2D eigenvalue weighted by molar-refractivity contribution is 0.405. The van der Waals surface area contributed by atoms with Gasteiger partial charge in [-0.3, -0.25) is 4.68 Å². The van der Waals surface area contributed by atoms with Crippen LogP contribution in [0.25, 0.3) is 0 Å². The van der Waals surface area contributed by atoms with Crippen molar-refractivity contribution in [3.8, 4) is 0 Å². The Hall–Kier alpha value is -2.00. The second kappa shape index (κ2) is 7.09. The maximum atomic E-state index is 12.7. The number of piperidine rings is 1. The van der Waals surface area contributed by atoms with Crippen LogP contribution in [0.3, 0.4) is 0 Å². The molecule has 1 unspecified atom stereocenters. The van der Waals surface area contributed by atoms with Gasteiger partial charge >= 0.3 is 0 Å².